The van der Waals surface area contributed by atoms with E-state index in [4.69, 9.17) is 4.74 Å². The van der Waals surface area contributed by atoms with Crippen molar-refractivity contribution in [3.63, 3.8) is 0 Å². The molecule has 0 atom stereocenters. The smallest absolute Gasteiger partial charge is 0.256 e. The van der Waals surface area contributed by atoms with Gasteiger partial charge in [-0.2, -0.15) is 0 Å². The molecular formula is C17H19BrN2O4S. The molecule has 0 saturated carbocycles. The number of carbonyl (C=O) groups excluding carboxylic acids is 1. The molecule has 2 rings (SSSR count). The van der Waals surface area contributed by atoms with Gasteiger partial charge in [0.2, 0.25) is 10.0 Å². The fraction of sp³-hybridized carbons (Fsp3) is 0.235. The van der Waals surface area contributed by atoms with Crippen molar-refractivity contribution < 1.29 is 17.9 Å². The molecule has 1 amide bonds. The molecule has 0 aliphatic carbocycles. The van der Waals surface area contributed by atoms with Crippen molar-refractivity contribution in [1.29, 1.82) is 0 Å². The number of methoxy groups -OCH3 is 1. The van der Waals surface area contributed by atoms with E-state index in [-0.39, 0.29) is 10.8 Å². The lowest BCUT2D eigenvalue weighted by molar-refractivity contribution is 0.102. The summed E-state index contributed by atoms with van der Waals surface area (Å²) in [6, 6.07) is 11.1. The molecule has 2 N–H and O–H groups in total. The summed E-state index contributed by atoms with van der Waals surface area (Å²) in [5, 5.41) is 2.73. The molecule has 0 heterocycles. The lowest BCUT2D eigenvalue weighted by Gasteiger charge is -2.10. The van der Waals surface area contributed by atoms with Gasteiger partial charge in [0.05, 0.1) is 17.6 Å². The molecule has 25 heavy (non-hydrogen) atoms. The number of hydrogen-bond acceptors (Lipinski definition) is 4. The molecule has 6 nitrogen and oxygen atoms in total. The van der Waals surface area contributed by atoms with Crippen molar-refractivity contribution in [2.45, 2.75) is 18.2 Å². The number of carbonyl (C=O) groups is 1. The largest absolute Gasteiger partial charge is 0.497 e. The van der Waals surface area contributed by atoms with Crippen LogP contribution < -0.4 is 14.8 Å². The molecule has 0 saturated heterocycles. The molecule has 8 heteroatoms. The molecule has 0 fully saturated rings. The first-order valence-electron chi connectivity index (χ1n) is 7.62. The summed E-state index contributed by atoms with van der Waals surface area (Å²) in [4.78, 5) is 12.6. The lowest BCUT2D eigenvalue weighted by atomic mass is 10.2. The number of anilines is 1. The average Bonchev–Trinajstić information content (AvgIpc) is 2.61. The van der Waals surface area contributed by atoms with Crippen LogP contribution in [0.4, 0.5) is 5.69 Å². The average molecular weight is 427 g/mol. The fourth-order valence-corrected chi connectivity index (χ4v) is 3.60. The minimum absolute atomic E-state index is 0.154. The van der Waals surface area contributed by atoms with Gasteiger partial charge in [-0.3, -0.25) is 4.79 Å². The van der Waals surface area contributed by atoms with Gasteiger partial charge in [-0.05, 0) is 64.8 Å². The maximum absolute atomic E-state index is 12.4. The zero-order valence-electron chi connectivity index (χ0n) is 13.9. The van der Waals surface area contributed by atoms with E-state index < -0.39 is 10.0 Å². The van der Waals surface area contributed by atoms with Crippen molar-refractivity contribution in [3.8, 4) is 5.75 Å². The lowest BCUT2D eigenvalue weighted by Crippen LogP contribution is -2.24. The molecule has 2 aromatic carbocycles. The number of nitrogens with one attached hydrogen (secondary N) is 2. The van der Waals surface area contributed by atoms with Crippen LogP contribution in [-0.4, -0.2) is 28.0 Å². The van der Waals surface area contributed by atoms with Crippen LogP contribution in [0.5, 0.6) is 5.75 Å². The molecule has 134 valence electrons. The Balaban J connectivity index is 2.15. The SMILES string of the molecule is CCCNS(=O)(=O)c1ccc(NC(=O)c2cc(OC)ccc2Br)cc1. The van der Waals surface area contributed by atoms with Gasteiger partial charge in [0.1, 0.15) is 5.75 Å². The van der Waals surface area contributed by atoms with Gasteiger partial charge in [0.25, 0.3) is 5.91 Å². The number of rotatable bonds is 7. The quantitative estimate of drug-likeness (QED) is 0.710. The van der Waals surface area contributed by atoms with Crippen LogP contribution in [0.25, 0.3) is 0 Å². The highest BCUT2D eigenvalue weighted by atomic mass is 79.9. The Bertz CT molecular complexity index is 851. The third-order valence-corrected chi connectivity index (χ3v) is 5.55. The van der Waals surface area contributed by atoms with E-state index in [1.165, 1.54) is 19.2 Å². The molecular weight excluding hydrogens is 408 g/mol. The van der Waals surface area contributed by atoms with Crippen molar-refractivity contribution >= 4 is 37.5 Å². The van der Waals surface area contributed by atoms with Gasteiger partial charge in [-0.25, -0.2) is 13.1 Å². The predicted molar refractivity (Wildman–Crippen MR) is 101 cm³/mol. The van der Waals surface area contributed by atoms with Crippen LogP contribution in [-0.2, 0) is 10.0 Å². The Labute approximate surface area is 155 Å². The Morgan fingerprint density at radius 2 is 1.84 bits per heavy atom. The summed E-state index contributed by atoms with van der Waals surface area (Å²) in [5.41, 5.74) is 0.912. The molecule has 0 unspecified atom stereocenters. The van der Waals surface area contributed by atoms with E-state index in [9.17, 15) is 13.2 Å². The standard InChI is InChI=1S/C17H19BrN2O4S/c1-3-10-19-25(22,23)14-7-4-12(5-8-14)20-17(21)15-11-13(24-2)6-9-16(15)18/h4-9,11,19H,3,10H2,1-2H3,(H,20,21). The van der Waals surface area contributed by atoms with Crippen molar-refractivity contribution in [2.24, 2.45) is 0 Å². The minimum atomic E-state index is -3.52. The van der Waals surface area contributed by atoms with Crippen LogP contribution in [0.15, 0.2) is 51.8 Å². The fourth-order valence-electron chi connectivity index (χ4n) is 2.04. The Hall–Kier alpha value is -1.90. The van der Waals surface area contributed by atoms with Crippen LogP contribution in [0, 0.1) is 0 Å². The molecule has 0 aliphatic heterocycles. The normalized spacial score (nSPS) is 11.2. The van der Waals surface area contributed by atoms with E-state index in [2.05, 4.69) is 26.0 Å². The zero-order valence-corrected chi connectivity index (χ0v) is 16.3. The predicted octanol–water partition coefficient (Wildman–Crippen LogP) is 3.40. The first kappa shape index (κ1) is 19.4. The van der Waals surface area contributed by atoms with Gasteiger partial charge in [0.15, 0.2) is 0 Å². The highest BCUT2D eigenvalue weighted by Gasteiger charge is 2.14. The Morgan fingerprint density at radius 3 is 2.44 bits per heavy atom. The highest BCUT2D eigenvalue weighted by Crippen LogP contribution is 2.24. The van der Waals surface area contributed by atoms with Crippen molar-refractivity contribution in [3.05, 3.63) is 52.5 Å². The molecule has 0 spiro atoms. The van der Waals surface area contributed by atoms with Crippen LogP contribution in [0.3, 0.4) is 0 Å². The van der Waals surface area contributed by atoms with Crippen LogP contribution in [0.1, 0.15) is 23.7 Å². The van der Waals surface area contributed by atoms with E-state index in [1.807, 2.05) is 6.92 Å². The highest BCUT2D eigenvalue weighted by molar-refractivity contribution is 9.10. The molecule has 2 aromatic rings. The molecule has 0 radical (unpaired) electrons. The van der Waals surface area contributed by atoms with Gasteiger partial charge in [0, 0.05) is 16.7 Å². The maximum Gasteiger partial charge on any atom is 0.256 e. The minimum Gasteiger partial charge on any atom is -0.497 e. The number of amides is 1. The number of ether oxygens (including phenoxy) is 1. The second-order valence-electron chi connectivity index (χ2n) is 5.22. The summed E-state index contributed by atoms with van der Waals surface area (Å²) in [6.07, 6.45) is 0.711. The van der Waals surface area contributed by atoms with Crippen molar-refractivity contribution in [1.82, 2.24) is 4.72 Å². The number of sulfonamides is 1. The third kappa shape index (κ3) is 5.04. The first-order valence-corrected chi connectivity index (χ1v) is 9.89. The number of halogens is 1. The van der Waals surface area contributed by atoms with E-state index >= 15 is 0 Å². The topological polar surface area (TPSA) is 84.5 Å². The summed E-state index contributed by atoms with van der Waals surface area (Å²) < 4.78 is 32.3. The summed E-state index contributed by atoms with van der Waals surface area (Å²) in [5.74, 6) is 0.238. The Kier molecular flexibility index (Phi) is 6.57. The zero-order chi connectivity index (χ0) is 18.4. The number of hydrogen-bond donors (Lipinski definition) is 2. The van der Waals surface area contributed by atoms with Crippen molar-refractivity contribution in [2.75, 3.05) is 19.0 Å². The second-order valence-corrected chi connectivity index (χ2v) is 7.84. The summed E-state index contributed by atoms with van der Waals surface area (Å²) in [6.45, 7) is 2.27. The van der Waals surface area contributed by atoms with Crippen LogP contribution in [0.2, 0.25) is 0 Å². The van der Waals surface area contributed by atoms with Crippen LogP contribution >= 0.6 is 15.9 Å². The number of benzene rings is 2. The van der Waals surface area contributed by atoms with Gasteiger partial charge >= 0.3 is 0 Å². The summed E-state index contributed by atoms with van der Waals surface area (Å²) >= 11 is 3.33. The van der Waals surface area contributed by atoms with E-state index in [0.29, 0.717) is 34.4 Å². The van der Waals surface area contributed by atoms with E-state index in [1.54, 1.807) is 30.3 Å². The monoisotopic (exact) mass is 426 g/mol. The first-order chi connectivity index (χ1) is 11.9. The molecule has 0 aromatic heterocycles. The van der Waals surface area contributed by atoms with Gasteiger partial charge < -0.3 is 10.1 Å². The Morgan fingerprint density at radius 1 is 1.16 bits per heavy atom. The van der Waals surface area contributed by atoms with Gasteiger partial charge in [-0.15, -0.1) is 0 Å². The van der Waals surface area contributed by atoms with E-state index in [0.717, 1.165) is 0 Å². The maximum atomic E-state index is 12.4. The van der Waals surface area contributed by atoms with Gasteiger partial charge in [-0.1, -0.05) is 6.92 Å². The summed E-state index contributed by atoms with van der Waals surface area (Å²) in [7, 11) is -2.00. The molecule has 0 aliphatic rings. The molecule has 0 bridgehead atoms. The third-order valence-electron chi connectivity index (χ3n) is 3.38. The second kappa shape index (κ2) is 8.46.